The average Bonchev–Trinajstić information content (AvgIpc) is 2.59. The Morgan fingerprint density at radius 2 is 1.77 bits per heavy atom. The van der Waals surface area contributed by atoms with Crippen LogP contribution in [0, 0.1) is 0 Å². The molecule has 2 rings (SSSR count). The number of benzene rings is 1. The van der Waals surface area contributed by atoms with Crippen molar-refractivity contribution in [3.8, 4) is 0 Å². The van der Waals surface area contributed by atoms with Gasteiger partial charge >= 0.3 is 6.18 Å². The number of nitrogens with one attached hydrogen (secondary N) is 1. The largest absolute Gasteiger partial charge is 0.403 e. The maximum absolute atomic E-state index is 12.8. The maximum Gasteiger partial charge on any atom is 0.403 e. The Balaban J connectivity index is 0.00000338. The van der Waals surface area contributed by atoms with E-state index < -0.39 is 12.2 Å². The molecular weight excluding hydrogens is 480 g/mol. The fourth-order valence-electron chi connectivity index (χ4n) is 2.83. The minimum Gasteiger partial charge on any atom is -0.356 e. The van der Waals surface area contributed by atoms with Gasteiger partial charge in [-0.25, -0.2) is 0 Å². The zero-order valence-corrected chi connectivity index (χ0v) is 18.0. The number of rotatable bonds is 4. The van der Waals surface area contributed by atoms with Crippen LogP contribution in [-0.2, 0) is 6.42 Å². The molecule has 0 amide bonds. The molecule has 1 N–H and O–H groups in total. The third-order valence-electron chi connectivity index (χ3n) is 4.46. The van der Waals surface area contributed by atoms with E-state index in [0.717, 1.165) is 17.9 Å². The SMILES string of the molecule is CN=C(NCCc1ccc(Cl)cc1)N1CCN(C(C)C(F)(F)F)CC1.I. The van der Waals surface area contributed by atoms with E-state index in [4.69, 9.17) is 11.6 Å². The summed E-state index contributed by atoms with van der Waals surface area (Å²) in [4.78, 5) is 7.72. The van der Waals surface area contributed by atoms with E-state index in [0.29, 0.717) is 37.7 Å². The summed E-state index contributed by atoms with van der Waals surface area (Å²) in [5.74, 6) is 0.730. The standard InChI is InChI=1S/C17H24ClF3N4.HI/c1-13(17(19,20)21)24-9-11-25(12-10-24)16(22-2)23-8-7-14-3-5-15(18)6-4-14;/h3-6,13H,7-12H2,1-2H3,(H,22,23);1H. The van der Waals surface area contributed by atoms with Gasteiger partial charge in [-0.2, -0.15) is 13.2 Å². The molecular formula is C17H25ClF3IN4. The number of halogens is 5. The molecule has 1 aliphatic rings. The summed E-state index contributed by atoms with van der Waals surface area (Å²) in [6.07, 6.45) is -3.36. The molecule has 0 saturated carbocycles. The first-order valence-electron chi connectivity index (χ1n) is 8.32. The molecule has 0 aliphatic carbocycles. The highest BCUT2D eigenvalue weighted by molar-refractivity contribution is 14.0. The monoisotopic (exact) mass is 504 g/mol. The molecule has 1 aliphatic heterocycles. The van der Waals surface area contributed by atoms with Crippen molar-refractivity contribution >= 4 is 41.5 Å². The van der Waals surface area contributed by atoms with E-state index >= 15 is 0 Å². The summed E-state index contributed by atoms with van der Waals surface area (Å²) >= 11 is 5.87. The van der Waals surface area contributed by atoms with Gasteiger partial charge in [0.05, 0.1) is 0 Å². The lowest BCUT2D eigenvalue weighted by molar-refractivity contribution is -0.181. The smallest absolute Gasteiger partial charge is 0.356 e. The summed E-state index contributed by atoms with van der Waals surface area (Å²) in [6, 6.07) is 6.25. The number of hydrogen-bond acceptors (Lipinski definition) is 2. The first-order valence-corrected chi connectivity index (χ1v) is 8.70. The highest BCUT2D eigenvalue weighted by atomic mass is 127. The molecule has 0 aromatic heterocycles. The lowest BCUT2D eigenvalue weighted by Gasteiger charge is -2.39. The molecule has 1 fully saturated rings. The molecule has 148 valence electrons. The molecule has 1 unspecified atom stereocenters. The van der Waals surface area contributed by atoms with E-state index in [1.54, 1.807) is 7.05 Å². The van der Waals surface area contributed by atoms with Crippen LogP contribution in [0.1, 0.15) is 12.5 Å². The third-order valence-corrected chi connectivity index (χ3v) is 4.71. The summed E-state index contributed by atoms with van der Waals surface area (Å²) in [5.41, 5.74) is 1.16. The highest BCUT2D eigenvalue weighted by Gasteiger charge is 2.41. The van der Waals surface area contributed by atoms with Crippen molar-refractivity contribution in [2.24, 2.45) is 4.99 Å². The van der Waals surface area contributed by atoms with Gasteiger partial charge in [0.1, 0.15) is 6.04 Å². The molecule has 1 aromatic rings. The average molecular weight is 505 g/mol. The Kier molecular flexibility index (Phi) is 9.46. The quantitative estimate of drug-likeness (QED) is 0.386. The van der Waals surface area contributed by atoms with Gasteiger partial charge in [-0.15, -0.1) is 24.0 Å². The Morgan fingerprint density at radius 3 is 2.27 bits per heavy atom. The van der Waals surface area contributed by atoms with Crippen LogP contribution in [0.25, 0.3) is 0 Å². The summed E-state index contributed by atoms with van der Waals surface area (Å²) in [7, 11) is 1.69. The minimum absolute atomic E-state index is 0. The second kappa shape index (κ2) is 10.6. The van der Waals surface area contributed by atoms with Crippen molar-refractivity contribution in [1.82, 2.24) is 15.1 Å². The normalized spacial score (nSPS) is 17.6. The number of guanidine groups is 1. The Bertz CT molecular complexity index is 572. The zero-order chi connectivity index (χ0) is 18.4. The van der Waals surface area contributed by atoms with Crippen molar-refractivity contribution < 1.29 is 13.2 Å². The maximum atomic E-state index is 12.8. The van der Waals surface area contributed by atoms with Crippen LogP contribution in [0.5, 0.6) is 0 Å². The molecule has 1 heterocycles. The van der Waals surface area contributed by atoms with Crippen molar-refractivity contribution in [2.45, 2.75) is 25.6 Å². The molecule has 1 saturated heterocycles. The molecule has 4 nitrogen and oxygen atoms in total. The third kappa shape index (κ3) is 6.77. The van der Waals surface area contributed by atoms with Crippen molar-refractivity contribution in [3.63, 3.8) is 0 Å². The van der Waals surface area contributed by atoms with Crippen LogP contribution in [0.4, 0.5) is 13.2 Å². The second-order valence-corrected chi connectivity index (χ2v) is 6.53. The highest BCUT2D eigenvalue weighted by Crippen LogP contribution is 2.25. The Morgan fingerprint density at radius 1 is 1.19 bits per heavy atom. The van der Waals surface area contributed by atoms with Crippen molar-refractivity contribution in [2.75, 3.05) is 39.8 Å². The van der Waals surface area contributed by atoms with Crippen LogP contribution >= 0.6 is 35.6 Å². The van der Waals surface area contributed by atoms with Gasteiger partial charge in [-0.3, -0.25) is 9.89 Å². The van der Waals surface area contributed by atoms with Crippen LogP contribution in [0.2, 0.25) is 5.02 Å². The van der Waals surface area contributed by atoms with Gasteiger partial charge in [0.25, 0.3) is 0 Å². The molecule has 9 heteroatoms. The van der Waals surface area contributed by atoms with Crippen molar-refractivity contribution in [3.05, 3.63) is 34.9 Å². The van der Waals surface area contributed by atoms with Gasteiger partial charge in [0, 0.05) is 44.8 Å². The summed E-state index contributed by atoms with van der Waals surface area (Å²) in [6.45, 7) is 3.72. The first-order chi connectivity index (χ1) is 11.8. The predicted octanol–water partition coefficient (Wildman–Crippen LogP) is 3.64. The van der Waals surface area contributed by atoms with Crippen molar-refractivity contribution in [1.29, 1.82) is 0 Å². The second-order valence-electron chi connectivity index (χ2n) is 6.09. The van der Waals surface area contributed by atoms with Gasteiger partial charge in [0.15, 0.2) is 5.96 Å². The topological polar surface area (TPSA) is 30.9 Å². The lowest BCUT2D eigenvalue weighted by Crippen LogP contribution is -2.56. The fourth-order valence-corrected chi connectivity index (χ4v) is 2.96. The van der Waals surface area contributed by atoms with Crippen LogP contribution in [0.3, 0.4) is 0 Å². The van der Waals surface area contributed by atoms with Crippen LogP contribution in [-0.4, -0.2) is 67.7 Å². The van der Waals surface area contributed by atoms with Gasteiger partial charge < -0.3 is 10.2 Å². The van der Waals surface area contributed by atoms with Gasteiger partial charge in [0.2, 0.25) is 0 Å². The number of hydrogen-bond donors (Lipinski definition) is 1. The summed E-state index contributed by atoms with van der Waals surface area (Å²) in [5, 5.41) is 3.99. The lowest BCUT2D eigenvalue weighted by atomic mass is 10.1. The fraction of sp³-hybridized carbons (Fsp3) is 0.588. The van der Waals surface area contributed by atoms with Crippen LogP contribution < -0.4 is 5.32 Å². The molecule has 1 atom stereocenters. The molecule has 0 radical (unpaired) electrons. The Hall–Kier alpha value is -0.740. The predicted molar refractivity (Wildman–Crippen MR) is 111 cm³/mol. The molecule has 0 spiro atoms. The van der Waals surface area contributed by atoms with Gasteiger partial charge in [-0.1, -0.05) is 23.7 Å². The molecule has 0 bridgehead atoms. The summed E-state index contributed by atoms with van der Waals surface area (Å²) < 4.78 is 38.4. The first kappa shape index (κ1) is 23.3. The molecule has 1 aromatic carbocycles. The van der Waals surface area contributed by atoms with Crippen LogP contribution in [0.15, 0.2) is 29.3 Å². The Labute approximate surface area is 174 Å². The van der Waals surface area contributed by atoms with E-state index in [-0.39, 0.29) is 24.0 Å². The number of aliphatic imine (C=N–C) groups is 1. The minimum atomic E-state index is -4.18. The number of nitrogens with zero attached hydrogens (tertiary/aromatic N) is 3. The van der Waals surface area contributed by atoms with E-state index in [9.17, 15) is 13.2 Å². The zero-order valence-electron chi connectivity index (χ0n) is 14.9. The molecule has 26 heavy (non-hydrogen) atoms. The number of piperazine rings is 1. The van der Waals surface area contributed by atoms with E-state index in [1.165, 1.54) is 11.8 Å². The van der Waals surface area contributed by atoms with Gasteiger partial charge in [-0.05, 0) is 31.0 Å². The van der Waals surface area contributed by atoms with E-state index in [1.807, 2.05) is 29.2 Å². The van der Waals surface area contributed by atoms with E-state index in [2.05, 4.69) is 10.3 Å². The number of alkyl halides is 3.